The van der Waals surface area contributed by atoms with Gasteiger partial charge in [-0.2, -0.15) is 0 Å². The molecule has 0 aromatic rings. The highest BCUT2D eigenvalue weighted by atomic mass is 16.3. The molecule has 12 heavy (non-hydrogen) atoms. The van der Waals surface area contributed by atoms with Crippen molar-refractivity contribution in [1.82, 2.24) is 0 Å². The van der Waals surface area contributed by atoms with Crippen LogP contribution in [-0.2, 0) is 0 Å². The van der Waals surface area contributed by atoms with Gasteiger partial charge in [-0.25, -0.2) is 0 Å². The molecule has 2 rings (SSSR count). The molecule has 2 nitrogen and oxygen atoms in total. The lowest BCUT2D eigenvalue weighted by atomic mass is 9.87. The van der Waals surface area contributed by atoms with Crippen LogP contribution >= 0.6 is 0 Å². The highest BCUT2D eigenvalue weighted by molar-refractivity contribution is 5.24. The van der Waals surface area contributed by atoms with Gasteiger partial charge in [0, 0.05) is 12.5 Å². The summed E-state index contributed by atoms with van der Waals surface area (Å²) in [7, 11) is 0. The fraction of sp³-hybridized carbons (Fsp3) is 0.600. The van der Waals surface area contributed by atoms with Crippen molar-refractivity contribution < 1.29 is 10.2 Å². The van der Waals surface area contributed by atoms with Crippen LogP contribution in [0, 0.1) is 17.8 Å². The van der Waals surface area contributed by atoms with Crippen LogP contribution in [0.25, 0.3) is 0 Å². The Morgan fingerprint density at radius 3 is 2.75 bits per heavy atom. The Kier molecular flexibility index (Phi) is 1.63. The van der Waals surface area contributed by atoms with Gasteiger partial charge in [-0.1, -0.05) is 18.2 Å². The highest BCUT2D eigenvalue weighted by Gasteiger charge is 2.51. The molecule has 2 aliphatic rings. The molecular weight excluding hydrogens is 152 g/mol. The minimum Gasteiger partial charge on any atom is -0.396 e. The molecule has 0 heterocycles. The number of aliphatic hydroxyl groups excluding tert-OH is 1. The molecule has 0 aliphatic heterocycles. The zero-order chi connectivity index (χ0) is 8.77. The second-order valence-electron chi connectivity index (χ2n) is 3.82. The second kappa shape index (κ2) is 2.44. The molecule has 1 saturated carbocycles. The lowest BCUT2D eigenvalue weighted by Gasteiger charge is -2.26. The number of hydrogen-bond acceptors (Lipinski definition) is 2. The normalized spacial score (nSPS) is 50.0. The third kappa shape index (κ3) is 0.822. The van der Waals surface area contributed by atoms with Gasteiger partial charge in [0.15, 0.2) is 0 Å². The van der Waals surface area contributed by atoms with Crippen LogP contribution in [0.1, 0.15) is 6.42 Å². The maximum Gasteiger partial charge on any atom is 0.0896 e. The van der Waals surface area contributed by atoms with E-state index < -0.39 is 5.60 Å². The van der Waals surface area contributed by atoms with Crippen LogP contribution in [0.2, 0.25) is 0 Å². The quantitative estimate of drug-likeness (QED) is 0.593. The molecule has 0 radical (unpaired) electrons. The topological polar surface area (TPSA) is 40.5 Å². The molecule has 0 aromatic carbocycles. The molecule has 0 spiro atoms. The van der Waals surface area contributed by atoms with Gasteiger partial charge in [-0.05, 0) is 18.3 Å². The molecule has 0 amide bonds. The summed E-state index contributed by atoms with van der Waals surface area (Å²) < 4.78 is 0. The molecule has 66 valence electrons. The Morgan fingerprint density at radius 2 is 2.33 bits per heavy atom. The van der Waals surface area contributed by atoms with Gasteiger partial charge in [-0.3, -0.25) is 0 Å². The number of fused-ring (bicyclic) bond motifs is 2. The van der Waals surface area contributed by atoms with Crippen LogP contribution in [0.3, 0.4) is 0 Å². The first-order valence-electron chi connectivity index (χ1n) is 4.36. The minimum absolute atomic E-state index is 0.0880. The molecule has 2 aliphatic carbocycles. The van der Waals surface area contributed by atoms with Gasteiger partial charge in [0.2, 0.25) is 0 Å². The van der Waals surface area contributed by atoms with Crippen LogP contribution in [0.4, 0.5) is 0 Å². The van der Waals surface area contributed by atoms with Crippen molar-refractivity contribution in [1.29, 1.82) is 0 Å². The van der Waals surface area contributed by atoms with Gasteiger partial charge in [0.1, 0.15) is 0 Å². The Bertz CT molecular complexity index is 234. The van der Waals surface area contributed by atoms with Gasteiger partial charge in [0.05, 0.1) is 5.60 Å². The van der Waals surface area contributed by atoms with E-state index in [1.165, 1.54) is 0 Å². The Balaban J connectivity index is 2.28. The summed E-state index contributed by atoms with van der Waals surface area (Å²) >= 11 is 0. The molecule has 2 N–H and O–H groups in total. The van der Waals surface area contributed by atoms with E-state index in [2.05, 4.69) is 12.7 Å². The lowest BCUT2D eigenvalue weighted by molar-refractivity contribution is 0.0519. The summed E-state index contributed by atoms with van der Waals surface area (Å²) in [6.45, 7) is 3.80. The van der Waals surface area contributed by atoms with Crippen molar-refractivity contribution in [3.05, 3.63) is 24.8 Å². The maximum atomic E-state index is 10.0. The van der Waals surface area contributed by atoms with Crippen LogP contribution in [0.5, 0.6) is 0 Å². The fourth-order valence-corrected chi connectivity index (χ4v) is 2.55. The van der Waals surface area contributed by atoms with E-state index >= 15 is 0 Å². The molecule has 1 fully saturated rings. The van der Waals surface area contributed by atoms with Gasteiger partial charge in [0.25, 0.3) is 0 Å². The summed E-state index contributed by atoms with van der Waals surface area (Å²) in [5.41, 5.74) is -0.757. The summed E-state index contributed by atoms with van der Waals surface area (Å²) in [5, 5.41) is 19.1. The number of allylic oxidation sites excluding steroid dienone is 1. The molecular formula is C10H14O2. The van der Waals surface area contributed by atoms with Crippen molar-refractivity contribution in [3.8, 4) is 0 Å². The summed E-state index contributed by atoms with van der Waals surface area (Å²) in [5.74, 6) is 0.654. The lowest BCUT2D eigenvalue weighted by Crippen LogP contribution is -2.32. The zero-order valence-corrected chi connectivity index (χ0v) is 6.98. The van der Waals surface area contributed by atoms with Crippen LogP contribution < -0.4 is 0 Å². The van der Waals surface area contributed by atoms with Gasteiger partial charge in [-0.15, -0.1) is 6.58 Å². The average molecular weight is 166 g/mol. The van der Waals surface area contributed by atoms with Crippen LogP contribution in [-0.4, -0.2) is 22.4 Å². The van der Waals surface area contributed by atoms with Crippen molar-refractivity contribution in [2.24, 2.45) is 17.8 Å². The van der Waals surface area contributed by atoms with Gasteiger partial charge < -0.3 is 10.2 Å². The summed E-state index contributed by atoms with van der Waals surface area (Å²) in [6, 6.07) is 0. The number of aliphatic hydroxyl groups is 2. The smallest absolute Gasteiger partial charge is 0.0896 e. The van der Waals surface area contributed by atoms with E-state index in [1.54, 1.807) is 6.08 Å². The summed E-state index contributed by atoms with van der Waals surface area (Å²) in [4.78, 5) is 0. The van der Waals surface area contributed by atoms with Crippen molar-refractivity contribution in [3.63, 3.8) is 0 Å². The SMILES string of the molecule is C=CC1(O)CC2C=CC1C2CO. The van der Waals surface area contributed by atoms with E-state index in [-0.39, 0.29) is 18.4 Å². The molecule has 4 unspecified atom stereocenters. The summed E-state index contributed by atoms with van der Waals surface area (Å²) in [6.07, 6.45) is 6.45. The average Bonchev–Trinajstić information content (AvgIpc) is 2.58. The van der Waals surface area contributed by atoms with Crippen LogP contribution in [0.15, 0.2) is 24.8 Å². The predicted molar refractivity (Wildman–Crippen MR) is 46.5 cm³/mol. The van der Waals surface area contributed by atoms with Crippen molar-refractivity contribution in [2.45, 2.75) is 12.0 Å². The van der Waals surface area contributed by atoms with E-state index in [0.717, 1.165) is 6.42 Å². The van der Waals surface area contributed by atoms with E-state index in [1.807, 2.05) is 6.08 Å². The maximum absolute atomic E-state index is 10.0. The first-order valence-corrected chi connectivity index (χ1v) is 4.36. The standard InChI is InChI=1S/C10H14O2/c1-2-10(12)5-7-3-4-9(10)8(7)6-11/h2-4,7-9,11-12H,1,5-6H2. The first-order chi connectivity index (χ1) is 5.71. The Morgan fingerprint density at radius 1 is 1.58 bits per heavy atom. The molecule has 2 heteroatoms. The molecule has 4 atom stereocenters. The van der Waals surface area contributed by atoms with E-state index in [0.29, 0.717) is 5.92 Å². The van der Waals surface area contributed by atoms with Gasteiger partial charge >= 0.3 is 0 Å². The fourth-order valence-electron chi connectivity index (χ4n) is 2.55. The Hall–Kier alpha value is -0.600. The first kappa shape index (κ1) is 8.02. The second-order valence-corrected chi connectivity index (χ2v) is 3.82. The van der Waals surface area contributed by atoms with Crippen molar-refractivity contribution in [2.75, 3.05) is 6.61 Å². The monoisotopic (exact) mass is 166 g/mol. The van der Waals surface area contributed by atoms with E-state index in [4.69, 9.17) is 5.11 Å². The van der Waals surface area contributed by atoms with E-state index in [9.17, 15) is 5.11 Å². The Labute approximate surface area is 72.2 Å². The zero-order valence-electron chi connectivity index (χ0n) is 6.98. The highest BCUT2D eigenvalue weighted by Crippen LogP contribution is 2.50. The largest absolute Gasteiger partial charge is 0.396 e. The van der Waals surface area contributed by atoms with Crippen molar-refractivity contribution >= 4 is 0 Å². The molecule has 2 bridgehead atoms. The third-order valence-corrected chi connectivity index (χ3v) is 3.28. The minimum atomic E-state index is -0.757. The molecule has 0 aromatic heterocycles. The third-order valence-electron chi connectivity index (χ3n) is 3.28. The number of hydrogen-bond donors (Lipinski definition) is 2. The number of rotatable bonds is 2. The predicted octanol–water partition coefficient (Wildman–Crippen LogP) is 0.718. The molecule has 0 saturated heterocycles.